The molecule has 0 spiro atoms. The van der Waals surface area contributed by atoms with Crippen molar-refractivity contribution in [3.05, 3.63) is 188 Å². The Kier molecular flexibility index (Phi) is 7.38. The van der Waals surface area contributed by atoms with Crippen LogP contribution in [0.4, 0.5) is 0 Å². The molecular weight excluding hydrogens is 687 g/mol. The lowest BCUT2D eigenvalue weighted by Gasteiger charge is -2.11. The highest BCUT2D eigenvalue weighted by Crippen LogP contribution is 2.41. The Labute approximate surface area is 322 Å². The molecule has 0 saturated carbocycles. The van der Waals surface area contributed by atoms with Gasteiger partial charge in [-0.2, -0.15) is 0 Å². The first-order valence-electron chi connectivity index (χ1n) is 18.6. The fraction of sp³-hybridized carbons (Fsp3) is 0. The van der Waals surface area contributed by atoms with E-state index < -0.39 is 0 Å². The van der Waals surface area contributed by atoms with Crippen LogP contribution < -0.4 is 0 Å². The number of hydrogen-bond acceptors (Lipinski definition) is 5. The van der Waals surface area contributed by atoms with Crippen molar-refractivity contribution in [1.82, 2.24) is 24.5 Å². The highest BCUT2D eigenvalue weighted by atomic mass is 16.3. The second kappa shape index (κ2) is 13.0. The van der Waals surface area contributed by atoms with Gasteiger partial charge in [0.05, 0.1) is 11.0 Å². The summed E-state index contributed by atoms with van der Waals surface area (Å²) in [6.07, 6.45) is 0. The van der Waals surface area contributed by atoms with Crippen LogP contribution in [0.25, 0.3) is 106 Å². The molecule has 0 amide bonds. The van der Waals surface area contributed by atoms with Gasteiger partial charge < -0.3 is 8.98 Å². The summed E-state index contributed by atoms with van der Waals surface area (Å²) in [4.78, 5) is 19.7. The predicted octanol–water partition coefficient (Wildman–Crippen LogP) is 12.6. The van der Waals surface area contributed by atoms with Crippen molar-refractivity contribution in [2.75, 3.05) is 0 Å². The third kappa shape index (κ3) is 5.35. The van der Waals surface area contributed by atoms with Crippen LogP contribution in [0.2, 0.25) is 0 Å². The number of nitrogens with zero attached hydrogens (tertiary/aromatic N) is 5. The van der Waals surface area contributed by atoms with Crippen LogP contribution in [-0.4, -0.2) is 24.5 Å². The van der Waals surface area contributed by atoms with E-state index in [1.807, 2.05) is 91.0 Å². The normalized spacial score (nSPS) is 11.6. The van der Waals surface area contributed by atoms with Gasteiger partial charge in [-0.1, -0.05) is 140 Å². The lowest BCUT2D eigenvalue weighted by atomic mass is 10.0. The zero-order chi connectivity index (χ0) is 37.0. The maximum absolute atomic E-state index is 6.64. The van der Waals surface area contributed by atoms with Crippen molar-refractivity contribution < 1.29 is 4.42 Å². The lowest BCUT2D eigenvalue weighted by molar-refractivity contribution is 0.622. The van der Waals surface area contributed by atoms with E-state index in [2.05, 4.69) is 102 Å². The summed E-state index contributed by atoms with van der Waals surface area (Å²) in [5.41, 5.74) is 10.6. The molecule has 0 unspecified atom stereocenters. The summed E-state index contributed by atoms with van der Waals surface area (Å²) in [5, 5.41) is 4.71. The van der Waals surface area contributed by atoms with Gasteiger partial charge in [0.25, 0.3) is 0 Å². The first-order chi connectivity index (χ1) is 27.7. The molecule has 8 aromatic carbocycles. The fourth-order valence-electron chi connectivity index (χ4n) is 7.80. The quantitative estimate of drug-likeness (QED) is 0.171. The number of aromatic nitrogens is 5. The van der Waals surface area contributed by atoms with Gasteiger partial charge in [-0.25, -0.2) is 19.9 Å². The van der Waals surface area contributed by atoms with Crippen molar-refractivity contribution >= 4 is 43.7 Å². The molecular formula is C50H31N5O. The van der Waals surface area contributed by atoms with Gasteiger partial charge >= 0.3 is 0 Å². The van der Waals surface area contributed by atoms with Crippen LogP contribution in [0.1, 0.15) is 0 Å². The topological polar surface area (TPSA) is 69.6 Å². The van der Waals surface area contributed by atoms with E-state index in [0.29, 0.717) is 23.4 Å². The molecule has 0 fully saturated rings. The Balaban J connectivity index is 1.04. The van der Waals surface area contributed by atoms with Gasteiger partial charge in [0, 0.05) is 38.7 Å². The van der Waals surface area contributed by atoms with Gasteiger partial charge in [0.15, 0.2) is 23.1 Å². The molecule has 6 heteroatoms. The van der Waals surface area contributed by atoms with Crippen molar-refractivity contribution in [1.29, 1.82) is 0 Å². The maximum Gasteiger partial charge on any atom is 0.227 e. The summed E-state index contributed by atoms with van der Waals surface area (Å²) >= 11 is 0. The number of fused-ring (bicyclic) bond motifs is 7. The highest BCUT2D eigenvalue weighted by molar-refractivity contribution is 6.25. The van der Waals surface area contributed by atoms with Gasteiger partial charge in [0.1, 0.15) is 5.52 Å². The monoisotopic (exact) mass is 717 g/mol. The summed E-state index contributed by atoms with van der Waals surface area (Å²) in [6, 6.07) is 64.6. The zero-order valence-electron chi connectivity index (χ0n) is 30.0. The zero-order valence-corrected chi connectivity index (χ0v) is 30.0. The van der Waals surface area contributed by atoms with Crippen LogP contribution >= 0.6 is 0 Å². The molecule has 11 rings (SSSR count). The molecule has 3 heterocycles. The van der Waals surface area contributed by atoms with E-state index in [9.17, 15) is 0 Å². The molecule has 0 aliphatic carbocycles. The van der Waals surface area contributed by atoms with Crippen molar-refractivity contribution in [2.24, 2.45) is 0 Å². The predicted molar refractivity (Wildman–Crippen MR) is 226 cm³/mol. The van der Waals surface area contributed by atoms with E-state index in [4.69, 9.17) is 24.4 Å². The smallest absolute Gasteiger partial charge is 0.227 e. The van der Waals surface area contributed by atoms with Gasteiger partial charge in [0.2, 0.25) is 5.89 Å². The van der Waals surface area contributed by atoms with E-state index in [1.54, 1.807) is 0 Å². The SMILES string of the molecule is c1ccc(-c2nc(-c3ccccc3)nc(-c3cccc(-c4ccc(-n5c6ccc7ccccc7c6c6ccc7nc(-c8ccccc8)oc7c65)cc4)c3)n2)cc1. The Morgan fingerprint density at radius 3 is 1.68 bits per heavy atom. The molecule has 262 valence electrons. The van der Waals surface area contributed by atoms with Crippen LogP contribution in [0, 0.1) is 0 Å². The summed E-state index contributed by atoms with van der Waals surface area (Å²) in [6.45, 7) is 0. The number of oxazole rings is 1. The average Bonchev–Trinajstić information content (AvgIpc) is 3.87. The number of benzene rings is 8. The number of rotatable bonds is 6. The molecule has 0 aliphatic heterocycles. The van der Waals surface area contributed by atoms with Crippen LogP contribution in [0.3, 0.4) is 0 Å². The maximum atomic E-state index is 6.64. The first-order valence-corrected chi connectivity index (χ1v) is 18.6. The Morgan fingerprint density at radius 2 is 0.982 bits per heavy atom. The van der Waals surface area contributed by atoms with Crippen LogP contribution in [-0.2, 0) is 0 Å². The molecule has 0 atom stereocenters. The van der Waals surface area contributed by atoms with Crippen LogP contribution in [0.15, 0.2) is 192 Å². The average molecular weight is 718 g/mol. The Bertz CT molecular complexity index is 3170. The lowest BCUT2D eigenvalue weighted by Crippen LogP contribution is -2.00. The van der Waals surface area contributed by atoms with Crippen molar-refractivity contribution in [2.45, 2.75) is 0 Å². The second-order valence-corrected chi connectivity index (χ2v) is 13.9. The minimum absolute atomic E-state index is 0.606. The summed E-state index contributed by atoms with van der Waals surface area (Å²) in [7, 11) is 0. The molecule has 0 aliphatic rings. The summed E-state index contributed by atoms with van der Waals surface area (Å²) < 4.78 is 8.96. The van der Waals surface area contributed by atoms with E-state index in [-0.39, 0.29) is 0 Å². The molecule has 0 bridgehead atoms. The molecule has 0 radical (unpaired) electrons. The van der Waals surface area contributed by atoms with Gasteiger partial charge in [-0.05, 0) is 70.4 Å². The molecule has 56 heavy (non-hydrogen) atoms. The standard InChI is InChI=1S/C50H31N5O/c1-4-14-34(15-5-1)47-52-48(35-16-6-2-7-17-35)54-49(53-47)38-21-12-20-37(31-38)32-23-26-39(27-24-32)55-43-30-25-33-13-10-11-22-40(33)44(43)41-28-29-42-46(45(41)55)56-50(51-42)36-18-8-3-9-19-36/h1-31H. The van der Waals surface area contributed by atoms with E-state index in [1.165, 1.54) is 16.2 Å². The molecule has 3 aromatic heterocycles. The highest BCUT2D eigenvalue weighted by Gasteiger charge is 2.21. The number of hydrogen-bond donors (Lipinski definition) is 0. The molecule has 6 nitrogen and oxygen atoms in total. The van der Waals surface area contributed by atoms with Gasteiger partial charge in [-0.3, -0.25) is 0 Å². The van der Waals surface area contributed by atoms with E-state index >= 15 is 0 Å². The van der Waals surface area contributed by atoms with Crippen LogP contribution in [0.5, 0.6) is 0 Å². The Hall–Kier alpha value is -7.70. The largest absolute Gasteiger partial charge is 0.434 e. The minimum Gasteiger partial charge on any atom is -0.434 e. The minimum atomic E-state index is 0.606. The molecule has 0 N–H and O–H groups in total. The third-order valence-corrected chi connectivity index (χ3v) is 10.5. The van der Waals surface area contributed by atoms with Crippen molar-refractivity contribution in [3.8, 4) is 62.4 Å². The van der Waals surface area contributed by atoms with E-state index in [0.717, 1.165) is 66.6 Å². The third-order valence-electron chi connectivity index (χ3n) is 10.5. The fourth-order valence-corrected chi connectivity index (χ4v) is 7.80. The molecule has 11 aromatic rings. The van der Waals surface area contributed by atoms with Gasteiger partial charge in [-0.15, -0.1) is 0 Å². The van der Waals surface area contributed by atoms with Crippen molar-refractivity contribution in [3.63, 3.8) is 0 Å². The molecule has 0 saturated heterocycles. The first kappa shape index (κ1) is 31.8. The summed E-state index contributed by atoms with van der Waals surface area (Å²) in [5.74, 6) is 2.51. The Morgan fingerprint density at radius 1 is 0.393 bits per heavy atom. The second-order valence-electron chi connectivity index (χ2n) is 13.9.